The summed E-state index contributed by atoms with van der Waals surface area (Å²) in [6.07, 6.45) is 3.78. The van der Waals surface area contributed by atoms with Gasteiger partial charge in [-0.1, -0.05) is 19.1 Å². The second kappa shape index (κ2) is 8.03. The largest absolute Gasteiger partial charge is 0.507 e. The Morgan fingerprint density at radius 3 is 2.74 bits per heavy atom. The fourth-order valence-corrected chi connectivity index (χ4v) is 2.95. The molecule has 0 unspecified atom stereocenters. The minimum absolute atomic E-state index is 0.0661. The van der Waals surface area contributed by atoms with Gasteiger partial charge in [-0.3, -0.25) is 14.5 Å². The number of phenolic OH excluding ortho intramolecular Hbond substituents is 1. The second-order valence-corrected chi connectivity index (χ2v) is 6.48. The van der Waals surface area contributed by atoms with Crippen molar-refractivity contribution < 1.29 is 14.6 Å². The first-order valence-corrected chi connectivity index (χ1v) is 8.98. The summed E-state index contributed by atoms with van der Waals surface area (Å²) in [7, 11) is 0. The normalized spacial score (nSPS) is 11.0. The molecule has 0 fully saturated rings. The number of hydrogen-bond donors (Lipinski definition) is 1. The highest BCUT2D eigenvalue weighted by atomic mass is 16.5. The Labute approximate surface area is 158 Å². The van der Waals surface area contributed by atoms with Crippen molar-refractivity contribution in [3.8, 4) is 22.9 Å². The van der Waals surface area contributed by atoms with E-state index >= 15 is 0 Å². The van der Waals surface area contributed by atoms with E-state index in [2.05, 4.69) is 23.9 Å². The van der Waals surface area contributed by atoms with E-state index in [0.717, 1.165) is 17.0 Å². The van der Waals surface area contributed by atoms with Crippen LogP contribution in [0.4, 0.5) is 0 Å². The molecule has 0 amide bonds. The summed E-state index contributed by atoms with van der Waals surface area (Å²) in [6, 6.07) is 10.7. The fourth-order valence-electron chi connectivity index (χ4n) is 2.95. The highest BCUT2D eigenvalue weighted by molar-refractivity contribution is 6.01. The molecule has 3 rings (SSSR count). The van der Waals surface area contributed by atoms with Gasteiger partial charge in [-0.25, -0.2) is 0 Å². The van der Waals surface area contributed by atoms with Gasteiger partial charge in [-0.05, 0) is 38.1 Å². The summed E-state index contributed by atoms with van der Waals surface area (Å²) in [5, 5.41) is 14.4. The van der Waals surface area contributed by atoms with Crippen LogP contribution in [-0.4, -0.2) is 25.7 Å². The Kier molecular flexibility index (Phi) is 5.54. The minimum Gasteiger partial charge on any atom is -0.507 e. The van der Waals surface area contributed by atoms with Gasteiger partial charge >= 0.3 is 0 Å². The number of ether oxygens (including phenoxy) is 1. The lowest BCUT2D eigenvalue weighted by atomic mass is 10.1. The van der Waals surface area contributed by atoms with Crippen LogP contribution >= 0.6 is 0 Å². The van der Waals surface area contributed by atoms with Gasteiger partial charge in [0.1, 0.15) is 23.7 Å². The molecule has 0 aliphatic rings. The number of phenols is 1. The van der Waals surface area contributed by atoms with E-state index in [0.29, 0.717) is 12.2 Å². The fraction of sp³-hybridized carbons (Fsp3) is 0.286. The molecule has 0 aliphatic heterocycles. The van der Waals surface area contributed by atoms with Crippen LogP contribution < -0.4 is 4.74 Å². The summed E-state index contributed by atoms with van der Waals surface area (Å²) in [4.78, 5) is 16.7. The van der Waals surface area contributed by atoms with Crippen LogP contribution in [0.2, 0.25) is 0 Å². The first kappa shape index (κ1) is 18.6. The zero-order valence-electron chi connectivity index (χ0n) is 15.7. The Morgan fingerprint density at radius 2 is 2.00 bits per heavy atom. The summed E-state index contributed by atoms with van der Waals surface area (Å²) in [6.45, 7) is 6.10. The molecule has 2 aromatic heterocycles. The Bertz CT molecular complexity index is 947. The topological polar surface area (TPSA) is 77.2 Å². The van der Waals surface area contributed by atoms with E-state index in [9.17, 15) is 9.90 Å². The summed E-state index contributed by atoms with van der Waals surface area (Å²) in [5.74, 6) is 0.144. The Balaban J connectivity index is 1.92. The third-order valence-corrected chi connectivity index (χ3v) is 4.28. The predicted molar refractivity (Wildman–Crippen MR) is 103 cm³/mol. The lowest BCUT2D eigenvalue weighted by Gasteiger charge is -2.15. The smallest absolute Gasteiger partial charge is 0.170 e. The van der Waals surface area contributed by atoms with Gasteiger partial charge in [-0.15, -0.1) is 0 Å². The van der Waals surface area contributed by atoms with Crippen LogP contribution in [0, 0.1) is 0 Å². The number of ketones is 1. The summed E-state index contributed by atoms with van der Waals surface area (Å²) < 4.78 is 7.82. The first-order chi connectivity index (χ1) is 13.0. The maximum absolute atomic E-state index is 12.2. The zero-order chi connectivity index (χ0) is 19.4. The van der Waals surface area contributed by atoms with Gasteiger partial charge in [0.15, 0.2) is 5.78 Å². The summed E-state index contributed by atoms with van der Waals surface area (Å²) in [5.41, 5.74) is 2.79. The van der Waals surface area contributed by atoms with Crippen molar-refractivity contribution in [2.24, 2.45) is 0 Å². The number of carbonyl (C=O) groups is 1. The molecule has 0 radical (unpaired) electrons. The number of aromatic nitrogens is 3. The van der Waals surface area contributed by atoms with E-state index in [1.807, 2.05) is 22.9 Å². The predicted octanol–water partition coefficient (Wildman–Crippen LogP) is 4.40. The number of hydrogen-bond acceptors (Lipinski definition) is 5. The van der Waals surface area contributed by atoms with Crippen molar-refractivity contribution in [3.63, 3.8) is 0 Å². The molecule has 0 spiro atoms. The van der Waals surface area contributed by atoms with Crippen molar-refractivity contribution in [1.82, 2.24) is 14.8 Å². The minimum atomic E-state index is -0.160. The van der Waals surface area contributed by atoms with Crippen molar-refractivity contribution in [1.29, 1.82) is 0 Å². The van der Waals surface area contributed by atoms with Crippen LogP contribution in [0.15, 0.2) is 48.8 Å². The molecule has 0 bridgehead atoms. The van der Waals surface area contributed by atoms with E-state index in [4.69, 9.17) is 4.74 Å². The molecule has 0 atom stereocenters. The van der Waals surface area contributed by atoms with Gasteiger partial charge in [0.05, 0.1) is 11.4 Å². The van der Waals surface area contributed by atoms with E-state index in [-0.39, 0.29) is 29.7 Å². The molecule has 3 aromatic rings. The average Bonchev–Trinajstić information content (AvgIpc) is 3.16. The van der Waals surface area contributed by atoms with E-state index < -0.39 is 0 Å². The second-order valence-electron chi connectivity index (χ2n) is 6.48. The zero-order valence-corrected chi connectivity index (χ0v) is 15.7. The number of benzene rings is 1. The monoisotopic (exact) mass is 365 g/mol. The number of rotatable bonds is 7. The SMILES string of the molecule is CCC(=O)c1c(O)cccc1OCc1cccnc1-c1ccnn1C(C)C. The van der Waals surface area contributed by atoms with Gasteiger partial charge in [-0.2, -0.15) is 5.10 Å². The third-order valence-electron chi connectivity index (χ3n) is 4.28. The molecule has 0 aliphatic carbocycles. The lowest BCUT2D eigenvalue weighted by Crippen LogP contribution is -2.08. The van der Waals surface area contributed by atoms with Crippen LogP contribution in [0.5, 0.6) is 11.5 Å². The van der Waals surface area contributed by atoms with Crippen molar-refractivity contribution >= 4 is 5.78 Å². The van der Waals surface area contributed by atoms with Gasteiger partial charge in [0, 0.05) is 30.4 Å². The van der Waals surface area contributed by atoms with Gasteiger partial charge < -0.3 is 9.84 Å². The van der Waals surface area contributed by atoms with Gasteiger partial charge in [0.25, 0.3) is 0 Å². The standard InChI is InChI=1S/C21H23N3O3/c1-4-17(25)20-18(26)8-5-9-19(20)27-13-15-7-6-11-22-21(15)16-10-12-23-24(16)14(2)3/h5-12,14,26H,4,13H2,1-3H3. The van der Waals surface area contributed by atoms with Crippen molar-refractivity contribution in [3.05, 3.63) is 59.9 Å². The first-order valence-electron chi connectivity index (χ1n) is 8.98. The maximum atomic E-state index is 12.2. The molecule has 0 saturated heterocycles. The molecule has 6 nitrogen and oxygen atoms in total. The number of aromatic hydroxyl groups is 1. The number of carbonyl (C=O) groups excluding carboxylic acids is 1. The average molecular weight is 365 g/mol. The molecule has 0 saturated carbocycles. The molecule has 1 N–H and O–H groups in total. The van der Waals surface area contributed by atoms with Crippen LogP contribution in [0.25, 0.3) is 11.4 Å². The molecule has 140 valence electrons. The third kappa shape index (κ3) is 3.84. The Morgan fingerprint density at radius 1 is 1.19 bits per heavy atom. The number of pyridine rings is 1. The molecular weight excluding hydrogens is 342 g/mol. The lowest BCUT2D eigenvalue weighted by molar-refractivity contribution is 0.0981. The highest BCUT2D eigenvalue weighted by Gasteiger charge is 2.18. The molecule has 2 heterocycles. The highest BCUT2D eigenvalue weighted by Crippen LogP contribution is 2.30. The molecular formula is C21H23N3O3. The van der Waals surface area contributed by atoms with Crippen molar-refractivity contribution in [2.45, 2.75) is 39.8 Å². The molecule has 1 aromatic carbocycles. The molecule has 27 heavy (non-hydrogen) atoms. The number of nitrogens with zero attached hydrogens (tertiary/aromatic N) is 3. The van der Waals surface area contributed by atoms with Crippen LogP contribution in [0.1, 0.15) is 49.2 Å². The number of Topliss-reactive ketones (excluding diaryl/α,β-unsaturated/α-hetero) is 1. The quantitative estimate of drug-likeness (QED) is 0.628. The van der Waals surface area contributed by atoms with Crippen molar-refractivity contribution in [2.75, 3.05) is 0 Å². The van der Waals surface area contributed by atoms with Gasteiger partial charge in [0.2, 0.25) is 0 Å². The summed E-state index contributed by atoms with van der Waals surface area (Å²) >= 11 is 0. The van der Waals surface area contributed by atoms with E-state index in [1.165, 1.54) is 6.07 Å². The maximum Gasteiger partial charge on any atom is 0.170 e. The van der Waals surface area contributed by atoms with Crippen LogP contribution in [0.3, 0.4) is 0 Å². The van der Waals surface area contributed by atoms with E-state index in [1.54, 1.807) is 31.5 Å². The van der Waals surface area contributed by atoms with Crippen LogP contribution in [-0.2, 0) is 6.61 Å². The molecule has 6 heteroatoms. The Hall–Kier alpha value is -3.15.